The first-order valence-electron chi connectivity index (χ1n) is 6.52. The molecule has 0 aromatic rings. The third-order valence-electron chi connectivity index (χ3n) is 2.45. The first-order valence-corrected chi connectivity index (χ1v) is 8.29. The van der Waals surface area contributed by atoms with E-state index < -0.39 is 8.15 Å². The van der Waals surface area contributed by atoms with E-state index in [4.69, 9.17) is 9.26 Å². The van der Waals surface area contributed by atoms with Crippen LogP contribution in [0.3, 0.4) is 0 Å². The van der Waals surface area contributed by atoms with Gasteiger partial charge in [-0.3, -0.25) is 0 Å². The molecule has 0 radical (unpaired) electrons. The minimum atomic E-state index is -0.710. The molecule has 0 aliphatic heterocycles. The number of ether oxygens (including phenoxy) is 1. The summed E-state index contributed by atoms with van der Waals surface area (Å²) in [5, 5.41) is 0. The van der Waals surface area contributed by atoms with Crippen LogP contribution >= 0.6 is 8.15 Å². The predicted molar refractivity (Wildman–Crippen MR) is 78.3 cm³/mol. The maximum Gasteiger partial charge on any atom is 0.375 e. The number of carbonyl (C=O) groups is 1. The van der Waals surface area contributed by atoms with Crippen LogP contribution in [0.1, 0.15) is 27.2 Å². The van der Waals surface area contributed by atoms with E-state index in [9.17, 15) is 4.79 Å². The Bertz CT molecular complexity index is 377. The van der Waals surface area contributed by atoms with Crippen LogP contribution in [-0.2, 0) is 14.1 Å². The van der Waals surface area contributed by atoms with Crippen LogP contribution in [0.15, 0.2) is 24.3 Å². The van der Waals surface area contributed by atoms with Crippen LogP contribution in [0.4, 0.5) is 0 Å². The van der Waals surface area contributed by atoms with Crippen molar-refractivity contribution < 1.29 is 19.0 Å². The zero-order chi connectivity index (χ0) is 14.3. The van der Waals surface area contributed by atoms with Gasteiger partial charge in [0.1, 0.15) is 8.15 Å². The van der Waals surface area contributed by atoms with Gasteiger partial charge in [-0.2, -0.15) is 0 Å². The lowest BCUT2D eigenvalue weighted by Gasteiger charge is -2.15. The highest BCUT2D eigenvalue weighted by Crippen LogP contribution is 2.30. The molecule has 1 rings (SSSR count). The molecule has 0 aromatic carbocycles. The van der Waals surface area contributed by atoms with Gasteiger partial charge in [-0.05, 0) is 26.9 Å². The average Bonchev–Trinajstić information content (AvgIpc) is 2.36. The summed E-state index contributed by atoms with van der Waals surface area (Å²) in [4.78, 5) is 14.6. The molecule has 4 nitrogen and oxygen atoms in total. The summed E-state index contributed by atoms with van der Waals surface area (Å²) < 4.78 is 11.0. The molecule has 0 fully saturated rings. The molecule has 0 saturated heterocycles. The fourth-order valence-electron chi connectivity index (χ4n) is 1.50. The van der Waals surface area contributed by atoms with E-state index in [1.54, 1.807) is 6.92 Å². The van der Waals surface area contributed by atoms with Gasteiger partial charge in [0.15, 0.2) is 5.96 Å². The van der Waals surface area contributed by atoms with E-state index in [1.165, 1.54) is 0 Å². The molecular formula is C14H23NO3P+. The Morgan fingerprint density at radius 1 is 1.42 bits per heavy atom. The molecule has 0 amide bonds. The largest absolute Gasteiger partial charge is 0.458 e. The van der Waals surface area contributed by atoms with E-state index in [-0.39, 0.29) is 24.2 Å². The molecule has 0 heterocycles. The van der Waals surface area contributed by atoms with Crippen molar-refractivity contribution in [3.8, 4) is 0 Å². The monoisotopic (exact) mass is 284 g/mol. The third-order valence-corrected chi connectivity index (χ3v) is 3.57. The Hall–Kier alpha value is -0.990. The van der Waals surface area contributed by atoms with E-state index >= 15 is 0 Å². The van der Waals surface area contributed by atoms with Gasteiger partial charge in [-0.15, -0.1) is 0 Å². The van der Waals surface area contributed by atoms with Crippen LogP contribution in [0.2, 0.25) is 0 Å². The summed E-state index contributed by atoms with van der Waals surface area (Å²) in [6, 6.07) is -0.349. The highest BCUT2D eigenvalue weighted by molar-refractivity contribution is 7.67. The van der Waals surface area contributed by atoms with E-state index in [0.717, 1.165) is 6.42 Å². The van der Waals surface area contributed by atoms with E-state index in [2.05, 4.69) is 11.1 Å². The van der Waals surface area contributed by atoms with Gasteiger partial charge in [0.05, 0.1) is 12.2 Å². The van der Waals surface area contributed by atoms with Crippen molar-refractivity contribution in [1.29, 1.82) is 0 Å². The molecule has 0 aromatic heterocycles. The van der Waals surface area contributed by atoms with Crippen molar-refractivity contribution in [3.05, 3.63) is 24.3 Å². The molecule has 1 aliphatic rings. The number of nitrogens with one attached hydrogen (secondary N) is 1. The van der Waals surface area contributed by atoms with Crippen LogP contribution in [-0.4, -0.2) is 36.8 Å². The second-order valence-electron chi connectivity index (χ2n) is 4.74. The maximum atomic E-state index is 11.6. The maximum absolute atomic E-state index is 11.6. The fourth-order valence-corrected chi connectivity index (χ4v) is 2.58. The van der Waals surface area contributed by atoms with E-state index in [0.29, 0.717) is 0 Å². The Labute approximate surface area is 116 Å². The highest BCUT2D eigenvalue weighted by Gasteiger charge is 2.20. The molecule has 0 spiro atoms. The molecule has 19 heavy (non-hydrogen) atoms. The topological polar surface area (TPSA) is 49.5 Å². The predicted octanol–water partition coefficient (Wildman–Crippen LogP) is 1.36. The highest BCUT2D eigenvalue weighted by atomic mass is 31.1. The number of hydrogen-bond acceptors (Lipinski definition) is 3. The van der Waals surface area contributed by atoms with Crippen LogP contribution in [0.5, 0.6) is 0 Å². The summed E-state index contributed by atoms with van der Waals surface area (Å²) in [5.41, 5.74) is 0. The van der Waals surface area contributed by atoms with E-state index in [1.807, 2.05) is 44.7 Å². The normalized spacial score (nSPS) is 21.8. The van der Waals surface area contributed by atoms with Gasteiger partial charge in [-0.25, -0.2) is 9.79 Å². The summed E-state index contributed by atoms with van der Waals surface area (Å²) in [6.45, 7) is 7.47. The smallest absolute Gasteiger partial charge is 0.375 e. The zero-order valence-corrected chi connectivity index (χ0v) is 12.9. The summed E-state index contributed by atoms with van der Waals surface area (Å²) in [7, 11) is -0.710. The van der Waals surface area contributed by atoms with Gasteiger partial charge < -0.3 is 9.26 Å². The number of carbonyl (C=O) groups excluding carboxylic acids is 1. The third kappa shape index (κ3) is 6.65. The van der Waals surface area contributed by atoms with Crippen molar-refractivity contribution in [3.63, 3.8) is 0 Å². The Morgan fingerprint density at radius 3 is 2.74 bits per heavy atom. The number of esters is 1. The van der Waals surface area contributed by atoms with Crippen molar-refractivity contribution >= 4 is 20.1 Å². The van der Waals surface area contributed by atoms with Crippen LogP contribution in [0.25, 0.3) is 0 Å². The number of allylic oxidation sites excluding steroid dienone is 2. The lowest BCUT2D eigenvalue weighted by molar-refractivity contribution is -0.479. The lowest BCUT2D eigenvalue weighted by atomic mass is 10.1. The molecule has 1 N–H and O–H groups in total. The van der Waals surface area contributed by atoms with Gasteiger partial charge in [0.2, 0.25) is 6.04 Å². The fraction of sp³-hybridized carbons (Fsp3) is 0.571. The van der Waals surface area contributed by atoms with Crippen molar-refractivity contribution in [1.82, 2.24) is 0 Å². The Morgan fingerprint density at radius 2 is 2.16 bits per heavy atom. The minimum absolute atomic E-state index is 0.0877. The molecule has 5 heteroatoms. The quantitative estimate of drug-likeness (QED) is 0.455. The standard InChI is InChI=1S/C14H22NO3P/c1-11(2)17-14(16)12(3)15-10-19(4)18-13-8-6-5-7-9-13/h5-8,10-13H,9H2,1-4H3/p+1/t12?,13-,19?/m0/s1. The van der Waals surface area contributed by atoms with Crippen molar-refractivity contribution in [2.45, 2.75) is 45.4 Å². The Kier molecular flexibility index (Phi) is 6.96. The number of rotatable bonds is 6. The molecular weight excluding hydrogens is 261 g/mol. The SMILES string of the molecule is CC(C)OC(=O)C(C)[NH+]=CP(C)O[C@H]1C=CC=CC1. The second kappa shape index (κ2) is 8.23. The van der Waals surface area contributed by atoms with Crippen molar-refractivity contribution in [2.24, 2.45) is 0 Å². The zero-order valence-electron chi connectivity index (χ0n) is 12.0. The van der Waals surface area contributed by atoms with Crippen molar-refractivity contribution in [2.75, 3.05) is 6.66 Å². The van der Waals surface area contributed by atoms with Crippen LogP contribution < -0.4 is 4.99 Å². The molecule has 2 unspecified atom stereocenters. The van der Waals surface area contributed by atoms with Crippen LogP contribution in [0, 0.1) is 0 Å². The first-order chi connectivity index (χ1) is 8.99. The summed E-state index contributed by atoms with van der Waals surface area (Å²) in [5.74, 6) is 1.61. The molecule has 1 aliphatic carbocycles. The van der Waals surface area contributed by atoms with Gasteiger partial charge in [0, 0.05) is 6.92 Å². The summed E-state index contributed by atoms with van der Waals surface area (Å²) >= 11 is 0. The summed E-state index contributed by atoms with van der Waals surface area (Å²) in [6.07, 6.45) is 9.10. The lowest BCUT2D eigenvalue weighted by Crippen LogP contribution is -2.78. The molecule has 106 valence electrons. The molecule has 0 saturated carbocycles. The second-order valence-corrected chi connectivity index (χ2v) is 6.30. The average molecular weight is 284 g/mol. The van der Waals surface area contributed by atoms with Gasteiger partial charge >= 0.3 is 5.97 Å². The van der Waals surface area contributed by atoms with Gasteiger partial charge in [0.25, 0.3) is 0 Å². The molecule has 0 bridgehead atoms. The minimum Gasteiger partial charge on any atom is -0.458 e. The molecule has 3 atom stereocenters. The van der Waals surface area contributed by atoms with Gasteiger partial charge in [-0.1, -0.05) is 24.3 Å². The Balaban J connectivity index is 2.36. The number of hydrogen-bond donors (Lipinski definition) is 1. The first kappa shape index (κ1) is 16.1.